The lowest BCUT2D eigenvalue weighted by atomic mass is 9.93. The standard InChI is InChI=1S/C21H32N4O7/c1-11(2)7-14(17(26)21(5)10-31-21)23-20(29)16(9-30-6)24-18(27)13(4)22-19(28)15-8-12(3)32-25-15/h8,11,13-14,16H,7,9-10H2,1-6H3,(H,22,28)(H,23,29)(H,24,27)/t13-,14?,16-,21?/m0/s1. The van der Waals surface area contributed by atoms with Crippen molar-refractivity contribution < 1.29 is 33.2 Å². The van der Waals surface area contributed by atoms with Crippen LogP contribution in [0.15, 0.2) is 10.6 Å². The molecule has 11 heteroatoms. The van der Waals surface area contributed by atoms with E-state index in [0.29, 0.717) is 18.8 Å². The predicted octanol–water partition coefficient (Wildman–Crippen LogP) is 0.121. The minimum atomic E-state index is -1.06. The van der Waals surface area contributed by atoms with E-state index >= 15 is 0 Å². The van der Waals surface area contributed by atoms with Gasteiger partial charge in [-0.25, -0.2) is 0 Å². The quantitative estimate of drug-likeness (QED) is 0.378. The Morgan fingerprint density at radius 3 is 2.25 bits per heavy atom. The molecule has 1 aromatic rings. The number of ether oxygens (including phenoxy) is 2. The number of hydrogen-bond acceptors (Lipinski definition) is 8. The summed E-state index contributed by atoms with van der Waals surface area (Å²) < 4.78 is 15.2. The van der Waals surface area contributed by atoms with Crippen molar-refractivity contribution in [1.29, 1.82) is 0 Å². The SMILES string of the molecule is COC[C@H](NC(=O)[C@H](C)NC(=O)c1cc(C)on1)C(=O)NC(CC(C)C)C(=O)C1(C)CO1. The van der Waals surface area contributed by atoms with Crippen molar-refractivity contribution >= 4 is 23.5 Å². The van der Waals surface area contributed by atoms with Gasteiger partial charge in [0.05, 0.1) is 19.3 Å². The summed E-state index contributed by atoms with van der Waals surface area (Å²) >= 11 is 0. The third kappa shape index (κ3) is 6.86. The van der Waals surface area contributed by atoms with Crippen LogP contribution in [0.2, 0.25) is 0 Å². The second-order valence-electron chi connectivity index (χ2n) is 8.61. The minimum absolute atomic E-state index is 0.0409. The number of Topliss-reactive ketones (excluding diaryl/α,β-unsaturated/α-hetero) is 1. The molecule has 1 saturated heterocycles. The molecule has 1 fully saturated rings. The Balaban J connectivity index is 2.00. The molecule has 0 spiro atoms. The van der Waals surface area contributed by atoms with E-state index in [1.54, 1.807) is 13.8 Å². The summed E-state index contributed by atoms with van der Waals surface area (Å²) in [5, 5.41) is 11.4. The Morgan fingerprint density at radius 1 is 1.12 bits per heavy atom. The largest absolute Gasteiger partial charge is 0.382 e. The van der Waals surface area contributed by atoms with E-state index in [4.69, 9.17) is 14.0 Å². The van der Waals surface area contributed by atoms with Crippen LogP contribution < -0.4 is 16.0 Å². The van der Waals surface area contributed by atoms with E-state index in [0.717, 1.165) is 0 Å². The van der Waals surface area contributed by atoms with Crippen LogP contribution >= 0.6 is 0 Å². The smallest absolute Gasteiger partial charge is 0.274 e. The summed E-state index contributed by atoms with van der Waals surface area (Å²) in [4.78, 5) is 50.4. The molecule has 3 N–H and O–H groups in total. The number of aryl methyl sites for hydroxylation is 1. The Morgan fingerprint density at radius 2 is 1.75 bits per heavy atom. The fraction of sp³-hybridized carbons (Fsp3) is 0.667. The molecule has 0 aliphatic carbocycles. The molecule has 1 aliphatic heterocycles. The van der Waals surface area contributed by atoms with Crippen molar-refractivity contribution in [2.75, 3.05) is 20.3 Å². The molecule has 32 heavy (non-hydrogen) atoms. The molecular formula is C21H32N4O7. The number of methoxy groups -OCH3 is 1. The molecular weight excluding hydrogens is 420 g/mol. The Hall–Kier alpha value is -2.79. The number of nitrogens with one attached hydrogen (secondary N) is 3. The zero-order chi connectivity index (χ0) is 24.1. The summed E-state index contributed by atoms with van der Waals surface area (Å²) in [5.74, 6) is -1.34. The van der Waals surface area contributed by atoms with Crippen LogP contribution in [-0.2, 0) is 23.9 Å². The molecule has 1 aliphatic rings. The summed E-state index contributed by atoms with van der Waals surface area (Å²) in [6, 6.07) is -1.33. The van der Waals surface area contributed by atoms with Crippen molar-refractivity contribution in [3.8, 4) is 0 Å². The summed E-state index contributed by atoms with van der Waals surface area (Å²) in [6.07, 6.45) is 0.431. The Bertz CT molecular complexity index is 847. The van der Waals surface area contributed by atoms with Gasteiger partial charge in [0, 0.05) is 13.2 Å². The second-order valence-corrected chi connectivity index (χ2v) is 8.61. The first-order chi connectivity index (χ1) is 15.0. The highest BCUT2D eigenvalue weighted by molar-refractivity contribution is 5.99. The van der Waals surface area contributed by atoms with E-state index in [-0.39, 0.29) is 24.0 Å². The molecule has 2 unspecified atom stereocenters. The van der Waals surface area contributed by atoms with Gasteiger partial charge >= 0.3 is 0 Å². The van der Waals surface area contributed by atoms with Gasteiger partial charge in [-0.1, -0.05) is 19.0 Å². The number of amides is 3. The van der Waals surface area contributed by atoms with Crippen molar-refractivity contribution in [2.24, 2.45) is 5.92 Å². The normalized spacial score (nSPS) is 20.2. The third-order valence-corrected chi connectivity index (χ3v) is 5.01. The molecule has 178 valence electrons. The van der Waals surface area contributed by atoms with E-state index in [1.807, 2.05) is 13.8 Å². The zero-order valence-corrected chi connectivity index (χ0v) is 19.3. The van der Waals surface area contributed by atoms with Crippen LogP contribution in [0.4, 0.5) is 0 Å². The zero-order valence-electron chi connectivity index (χ0n) is 19.3. The number of rotatable bonds is 12. The van der Waals surface area contributed by atoms with E-state index in [2.05, 4.69) is 21.1 Å². The van der Waals surface area contributed by atoms with Gasteiger partial charge in [-0.2, -0.15) is 0 Å². The molecule has 2 rings (SSSR count). The van der Waals surface area contributed by atoms with Gasteiger partial charge in [0.2, 0.25) is 11.8 Å². The van der Waals surface area contributed by atoms with Gasteiger partial charge in [0.15, 0.2) is 11.5 Å². The van der Waals surface area contributed by atoms with Gasteiger partial charge in [-0.05, 0) is 33.1 Å². The lowest BCUT2D eigenvalue weighted by Gasteiger charge is -2.25. The number of nitrogens with zero attached hydrogens (tertiary/aromatic N) is 1. The molecule has 0 aromatic carbocycles. The highest BCUT2D eigenvalue weighted by Gasteiger charge is 2.50. The first-order valence-electron chi connectivity index (χ1n) is 10.5. The average molecular weight is 453 g/mol. The number of carbonyl (C=O) groups excluding carboxylic acids is 4. The number of carbonyl (C=O) groups is 4. The molecule has 1 aromatic heterocycles. The molecule has 0 radical (unpaired) electrons. The van der Waals surface area contributed by atoms with E-state index < -0.39 is 41.4 Å². The lowest BCUT2D eigenvalue weighted by molar-refractivity contribution is -0.134. The van der Waals surface area contributed by atoms with Crippen LogP contribution in [0.1, 0.15) is 50.4 Å². The maximum Gasteiger partial charge on any atom is 0.274 e. The molecule has 0 bridgehead atoms. The van der Waals surface area contributed by atoms with Crippen molar-refractivity contribution in [1.82, 2.24) is 21.1 Å². The van der Waals surface area contributed by atoms with E-state index in [1.165, 1.54) is 20.1 Å². The minimum Gasteiger partial charge on any atom is -0.382 e. The van der Waals surface area contributed by atoms with E-state index in [9.17, 15) is 19.2 Å². The highest BCUT2D eigenvalue weighted by atomic mass is 16.6. The maximum atomic E-state index is 12.9. The Kier molecular flexibility index (Phi) is 8.51. The highest BCUT2D eigenvalue weighted by Crippen LogP contribution is 2.29. The number of ketones is 1. The van der Waals surface area contributed by atoms with Gasteiger partial charge in [0.1, 0.15) is 23.4 Å². The summed E-state index contributed by atoms with van der Waals surface area (Å²) in [6.45, 7) is 8.88. The van der Waals surface area contributed by atoms with Gasteiger partial charge < -0.3 is 29.9 Å². The topological polar surface area (TPSA) is 152 Å². The van der Waals surface area contributed by atoms with Gasteiger partial charge in [0.25, 0.3) is 5.91 Å². The average Bonchev–Trinajstić information content (AvgIpc) is 3.32. The second kappa shape index (κ2) is 10.7. The number of epoxide rings is 1. The van der Waals surface area contributed by atoms with Crippen LogP contribution in [0, 0.1) is 12.8 Å². The van der Waals surface area contributed by atoms with Crippen molar-refractivity contribution in [2.45, 2.75) is 64.8 Å². The van der Waals surface area contributed by atoms with Crippen LogP contribution in [0.25, 0.3) is 0 Å². The van der Waals surface area contributed by atoms with Gasteiger partial charge in [-0.3, -0.25) is 19.2 Å². The number of aromatic nitrogens is 1. The predicted molar refractivity (Wildman–Crippen MR) is 113 cm³/mol. The lowest BCUT2D eigenvalue weighted by Crippen LogP contribution is -2.57. The fourth-order valence-electron chi connectivity index (χ4n) is 3.05. The summed E-state index contributed by atoms with van der Waals surface area (Å²) in [7, 11) is 1.39. The summed E-state index contributed by atoms with van der Waals surface area (Å²) in [5.41, 5.74) is -0.843. The monoisotopic (exact) mass is 452 g/mol. The maximum absolute atomic E-state index is 12.9. The molecule has 2 heterocycles. The van der Waals surface area contributed by atoms with Crippen LogP contribution in [-0.4, -0.2) is 72.7 Å². The van der Waals surface area contributed by atoms with Gasteiger partial charge in [-0.15, -0.1) is 0 Å². The Labute approximate surface area is 186 Å². The fourth-order valence-corrected chi connectivity index (χ4v) is 3.05. The molecule has 3 amide bonds. The van der Waals surface area contributed by atoms with Crippen molar-refractivity contribution in [3.63, 3.8) is 0 Å². The first-order valence-corrected chi connectivity index (χ1v) is 10.5. The molecule has 11 nitrogen and oxygen atoms in total. The van der Waals surface area contributed by atoms with Crippen molar-refractivity contribution in [3.05, 3.63) is 17.5 Å². The number of hydrogen-bond donors (Lipinski definition) is 3. The molecule has 0 saturated carbocycles. The van der Waals surface area contributed by atoms with Crippen LogP contribution in [0.5, 0.6) is 0 Å². The third-order valence-electron chi connectivity index (χ3n) is 5.01. The first kappa shape index (κ1) is 25.5. The van der Waals surface area contributed by atoms with Crippen LogP contribution in [0.3, 0.4) is 0 Å². The molecule has 4 atom stereocenters.